The average molecular weight is 272 g/mol. The molecule has 0 aromatic carbocycles. The zero-order chi connectivity index (χ0) is 14.6. The Kier molecular flexibility index (Phi) is 5.62. The molecule has 1 N–H and O–H groups in total. The molecule has 1 heterocycles. The van der Waals surface area contributed by atoms with E-state index in [1.54, 1.807) is 11.9 Å². The first-order valence-electron chi connectivity index (χ1n) is 7.09. The molecule has 0 saturated carbocycles. The van der Waals surface area contributed by atoms with Crippen molar-refractivity contribution in [1.82, 2.24) is 9.80 Å². The summed E-state index contributed by atoms with van der Waals surface area (Å²) >= 11 is 0. The first-order valence-corrected chi connectivity index (χ1v) is 7.09. The standard InChI is InChI=1S/C14H28N2O3/c1-6-12(17)10-16-8-7-11(9-16)15(5)13(18)19-14(2,3)4/h11-12,17H,6-10H2,1-5H3/t11-,12-/m1/s1. The Hall–Kier alpha value is -0.810. The zero-order valence-corrected chi connectivity index (χ0v) is 12.8. The lowest BCUT2D eigenvalue weighted by atomic mass is 10.2. The molecule has 1 amide bonds. The summed E-state index contributed by atoms with van der Waals surface area (Å²) in [6.45, 7) is 10.0. The second kappa shape index (κ2) is 6.57. The van der Waals surface area contributed by atoms with Crippen LogP contribution < -0.4 is 0 Å². The van der Waals surface area contributed by atoms with Gasteiger partial charge in [0.25, 0.3) is 0 Å². The van der Waals surface area contributed by atoms with Gasteiger partial charge in [0.2, 0.25) is 0 Å². The van der Waals surface area contributed by atoms with Crippen molar-refractivity contribution >= 4 is 6.09 Å². The Balaban J connectivity index is 2.43. The van der Waals surface area contributed by atoms with E-state index in [1.165, 1.54) is 0 Å². The highest BCUT2D eigenvalue weighted by molar-refractivity contribution is 5.68. The van der Waals surface area contributed by atoms with Crippen LogP contribution in [0.4, 0.5) is 4.79 Å². The van der Waals surface area contributed by atoms with E-state index in [2.05, 4.69) is 4.90 Å². The average Bonchev–Trinajstić information content (AvgIpc) is 2.73. The summed E-state index contributed by atoms with van der Waals surface area (Å²) in [6.07, 6.45) is 1.16. The van der Waals surface area contributed by atoms with E-state index in [4.69, 9.17) is 4.74 Å². The van der Waals surface area contributed by atoms with Gasteiger partial charge < -0.3 is 14.7 Å². The Morgan fingerprint density at radius 2 is 2.16 bits per heavy atom. The lowest BCUT2D eigenvalue weighted by Gasteiger charge is -2.28. The van der Waals surface area contributed by atoms with Gasteiger partial charge in [0.1, 0.15) is 5.60 Å². The van der Waals surface area contributed by atoms with Gasteiger partial charge in [-0.25, -0.2) is 4.79 Å². The van der Waals surface area contributed by atoms with Crippen LogP contribution in [-0.2, 0) is 4.74 Å². The molecule has 1 saturated heterocycles. The number of hydrogen-bond donors (Lipinski definition) is 1. The van der Waals surface area contributed by atoms with E-state index in [9.17, 15) is 9.90 Å². The molecule has 112 valence electrons. The van der Waals surface area contributed by atoms with Crippen molar-refractivity contribution in [2.45, 2.75) is 58.3 Å². The molecule has 0 spiro atoms. The number of amides is 1. The number of β-amino-alcohol motifs (C(OH)–C–C–N with tert-alkyl or cyclic N) is 1. The molecule has 1 rings (SSSR count). The SMILES string of the molecule is CC[C@@H](O)CN1CC[C@@H](N(C)C(=O)OC(C)(C)C)C1. The Bertz CT molecular complexity index is 302. The maximum Gasteiger partial charge on any atom is 0.410 e. The quantitative estimate of drug-likeness (QED) is 0.846. The Morgan fingerprint density at radius 1 is 1.53 bits per heavy atom. The van der Waals surface area contributed by atoms with E-state index in [-0.39, 0.29) is 18.2 Å². The predicted octanol–water partition coefficient (Wildman–Crippen LogP) is 1.70. The van der Waals surface area contributed by atoms with Crippen LogP contribution in [0.25, 0.3) is 0 Å². The minimum Gasteiger partial charge on any atom is -0.444 e. The number of carbonyl (C=O) groups excluding carboxylic acids is 1. The van der Waals surface area contributed by atoms with Gasteiger partial charge in [0.15, 0.2) is 0 Å². The second-order valence-corrected chi connectivity index (χ2v) is 6.36. The smallest absolute Gasteiger partial charge is 0.410 e. The van der Waals surface area contributed by atoms with Crippen LogP contribution in [0.15, 0.2) is 0 Å². The summed E-state index contributed by atoms with van der Waals surface area (Å²) in [7, 11) is 1.79. The lowest BCUT2D eigenvalue weighted by molar-refractivity contribution is 0.0225. The molecule has 0 unspecified atom stereocenters. The number of aliphatic hydroxyl groups is 1. The van der Waals surface area contributed by atoms with Crippen LogP contribution in [0.2, 0.25) is 0 Å². The van der Waals surface area contributed by atoms with E-state index < -0.39 is 5.60 Å². The molecule has 19 heavy (non-hydrogen) atoms. The number of likely N-dealkylation sites (tertiary alicyclic amines) is 1. The minimum absolute atomic E-state index is 0.180. The van der Waals surface area contributed by atoms with E-state index >= 15 is 0 Å². The third-order valence-corrected chi connectivity index (χ3v) is 3.42. The van der Waals surface area contributed by atoms with E-state index in [1.807, 2.05) is 27.7 Å². The summed E-state index contributed by atoms with van der Waals surface area (Å²) in [5.74, 6) is 0. The van der Waals surface area contributed by atoms with Gasteiger partial charge in [-0.05, 0) is 33.6 Å². The number of rotatable bonds is 4. The van der Waals surface area contributed by atoms with Gasteiger partial charge in [0.05, 0.1) is 6.10 Å². The normalized spacial score (nSPS) is 22.3. The Morgan fingerprint density at radius 3 is 2.68 bits per heavy atom. The van der Waals surface area contributed by atoms with Gasteiger partial charge in [-0.3, -0.25) is 4.90 Å². The largest absolute Gasteiger partial charge is 0.444 e. The van der Waals surface area contributed by atoms with Crippen LogP contribution in [-0.4, -0.2) is 65.4 Å². The number of aliphatic hydroxyl groups excluding tert-OH is 1. The van der Waals surface area contributed by atoms with Crippen LogP contribution >= 0.6 is 0 Å². The van der Waals surface area contributed by atoms with Crippen molar-refractivity contribution in [3.63, 3.8) is 0 Å². The molecule has 0 aliphatic carbocycles. The van der Waals surface area contributed by atoms with Crippen LogP contribution in [0.1, 0.15) is 40.5 Å². The number of nitrogens with zero attached hydrogens (tertiary/aromatic N) is 2. The predicted molar refractivity (Wildman–Crippen MR) is 75.1 cm³/mol. The van der Waals surface area contributed by atoms with Crippen LogP contribution in [0, 0.1) is 0 Å². The van der Waals surface area contributed by atoms with Crippen molar-refractivity contribution in [3.8, 4) is 0 Å². The Labute approximate surface area is 116 Å². The monoisotopic (exact) mass is 272 g/mol. The molecule has 1 fully saturated rings. The third kappa shape index (κ3) is 5.37. The fraction of sp³-hybridized carbons (Fsp3) is 0.929. The third-order valence-electron chi connectivity index (χ3n) is 3.42. The highest BCUT2D eigenvalue weighted by Gasteiger charge is 2.31. The fourth-order valence-corrected chi connectivity index (χ4v) is 2.20. The maximum absolute atomic E-state index is 12.0. The van der Waals surface area contributed by atoms with E-state index in [0.717, 1.165) is 25.9 Å². The van der Waals surface area contributed by atoms with Gasteiger partial charge in [-0.1, -0.05) is 6.92 Å². The van der Waals surface area contributed by atoms with Gasteiger partial charge >= 0.3 is 6.09 Å². The highest BCUT2D eigenvalue weighted by Crippen LogP contribution is 2.18. The summed E-state index contributed by atoms with van der Waals surface area (Å²) in [4.78, 5) is 15.9. The van der Waals surface area contributed by atoms with Gasteiger partial charge in [0, 0.05) is 32.7 Å². The molecule has 0 radical (unpaired) electrons. The van der Waals surface area contributed by atoms with Crippen molar-refractivity contribution in [2.75, 3.05) is 26.7 Å². The van der Waals surface area contributed by atoms with Gasteiger partial charge in [-0.15, -0.1) is 0 Å². The molecule has 2 atom stereocenters. The maximum atomic E-state index is 12.0. The highest BCUT2D eigenvalue weighted by atomic mass is 16.6. The number of likely N-dealkylation sites (N-methyl/N-ethyl adjacent to an activating group) is 1. The molecule has 1 aliphatic heterocycles. The first kappa shape index (κ1) is 16.2. The van der Waals surface area contributed by atoms with Gasteiger partial charge in [-0.2, -0.15) is 0 Å². The lowest BCUT2D eigenvalue weighted by Crippen LogP contribution is -2.42. The van der Waals surface area contributed by atoms with Crippen molar-refractivity contribution < 1.29 is 14.6 Å². The number of ether oxygens (including phenoxy) is 1. The number of carbonyl (C=O) groups is 1. The van der Waals surface area contributed by atoms with Crippen LogP contribution in [0.3, 0.4) is 0 Å². The molecule has 1 aliphatic rings. The molecule has 5 heteroatoms. The summed E-state index contributed by atoms with van der Waals surface area (Å²) < 4.78 is 5.37. The summed E-state index contributed by atoms with van der Waals surface area (Å²) in [5.41, 5.74) is -0.456. The zero-order valence-electron chi connectivity index (χ0n) is 12.8. The summed E-state index contributed by atoms with van der Waals surface area (Å²) in [5, 5.41) is 9.66. The molecule has 0 aromatic rings. The molecular weight excluding hydrogens is 244 g/mol. The number of hydrogen-bond acceptors (Lipinski definition) is 4. The molecule has 0 aromatic heterocycles. The van der Waals surface area contributed by atoms with Crippen LogP contribution in [0.5, 0.6) is 0 Å². The fourth-order valence-electron chi connectivity index (χ4n) is 2.20. The minimum atomic E-state index is -0.456. The topological polar surface area (TPSA) is 53.0 Å². The second-order valence-electron chi connectivity index (χ2n) is 6.36. The molecule has 0 bridgehead atoms. The molecular formula is C14H28N2O3. The molecule has 5 nitrogen and oxygen atoms in total. The summed E-state index contributed by atoms with van der Waals surface area (Å²) in [6, 6.07) is 0.180. The van der Waals surface area contributed by atoms with Crippen molar-refractivity contribution in [2.24, 2.45) is 0 Å². The first-order chi connectivity index (χ1) is 8.73. The van der Waals surface area contributed by atoms with Crippen molar-refractivity contribution in [3.05, 3.63) is 0 Å². The van der Waals surface area contributed by atoms with E-state index in [0.29, 0.717) is 6.54 Å². The van der Waals surface area contributed by atoms with Crippen molar-refractivity contribution in [1.29, 1.82) is 0 Å².